The maximum Gasteiger partial charge on any atom is 0.455 e. The van der Waals surface area contributed by atoms with Gasteiger partial charge in [-0.2, -0.15) is 0 Å². The molecule has 1 aliphatic carbocycles. The number of nitrogens with zero attached hydrogens (tertiary/aromatic N) is 1. The molecule has 4 atom stereocenters. The van der Waals surface area contributed by atoms with Crippen molar-refractivity contribution in [2.75, 3.05) is 6.54 Å². The van der Waals surface area contributed by atoms with Crippen LogP contribution in [0.4, 0.5) is 0 Å². The number of aliphatic carboxylic acids is 1. The summed E-state index contributed by atoms with van der Waals surface area (Å²) in [7, 11) is -0.987. The monoisotopic (exact) mass is 523 g/mol. The number of imide groups is 1. The number of carboxylic acids is 1. The van der Waals surface area contributed by atoms with Gasteiger partial charge in [-0.05, 0) is 81.0 Å². The number of hydrogen-bond donors (Lipinski definition) is 3. The van der Waals surface area contributed by atoms with Gasteiger partial charge in [0.25, 0.3) is 0 Å². The summed E-state index contributed by atoms with van der Waals surface area (Å²) >= 11 is 0. The zero-order chi connectivity index (χ0) is 27.4. The van der Waals surface area contributed by atoms with Crippen LogP contribution in [0.1, 0.15) is 70.8 Å². The van der Waals surface area contributed by atoms with Crippen molar-refractivity contribution in [2.45, 2.75) is 77.6 Å². The normalized spacial score (nSPS) is 25.6. The minimum absolute atomic E-state index is 0.0881. The zero-order valence-electron chi connectivity index (χ0n) is 22.3. The quantitative estimate of drug-likeness (QED) is 0.170. The average molecular weight is 523 g/mol. The fraction of sp³-hybridized carbons (Fsp3) is 0.552. The smallest absolute Gasteiger partial charge is 0.455 e. The molecule has 8 nitrogen and oxygen atoms in total. The third-order valence-electron chi connectivity index (χ3n) is 8.26. The highest BCUT2D eigenvalue weighted by atomic mass is 16.5. The van der Waals surface area contributed by atoms with Crippen molar-refractivity contribution in [1.29, 1.82) is 0 Å². The Balaban J connectivity index is 1.46. The van der Waals surface area contributed by atoms with Crippen LogP contribution in [-0.2, 0) is 19.0 Å². The second kappa shape index (κ2) is 12.3. The lowest BCUT2D eigenvalue weighted by Crippen LogP contribution is -2.46. The van der Waals surface area contributed by atoms with Gasteiger partial charge in [0, 0.05) is 13.0 Å². The highest BCUT2D eigenvalue weighted by molar-refractivity contribution is 6.43. The van der Waals surface area contributed by atoms with Crippen molar-refractivity contribution in [3.8, 4) is 5.75 Å². The van der Waals surface area contributed by atoms with Crippen LogP contribution in [0.3, 0.4) is 0 Å². The lowest BCUT2D eigenvalue weighted by Gasteiger charge is -2.42. The molecule has 204 valence electrons. The molecule has 9 heteroatoms. The van der Waals surface area contributed by atoms with E-state index >= 15 is 0 Å². The largest absolute Gasteiger partial charge is 0.508 e. The second-order valence-electron chi connectivity index (χ2n) is 10.8. The number of phenolic OH excluding ortho intramolecular Hbond substituents is 1. The lowest BCUT2D eigenvalue weighted by molar-refractivity contribution is -0.141. The zero-order valence-corrected chi connectivity index (χ0v) is 22.3. The minimum atomic E-state index is -0.987. The van der Waals surface area contributed by atoms with Gasteiger partial charge in [-0.25, -0.2) is 0 Å². The van der Waals surface area contributed by atoms with E-state index in [1.54, 1.807) is 12.1 Å². The van der Waals surface area contributed by atoms with Gasteiger partial charge in [-0.3, -0.25) is 19.3 Å². The third kappa shape index (κ3) is 6.21. The van der Waals surface area contributed by atoms with E-state index < -0.39 is 24.9 Å². The Morgan fingerprint density at radius 1 is 1.11 bits per heavy atom. The van der Waals surface area contributed by atoms with E-state index in [4.69, 9.17) is 9.76 Å². The Bertz CT molecular complexity index is 1110. The number of amides is 2. The molecule has 2 aliphatic heterocycles. The summed E-state index contributed by atoms with van der Waals surface area (Å²) in [4.78, 5) is 38.8. The molecule has 0 spiro atoms. The lowest BCUT2D eigenvalue weighted by atomic mass is 9.59. The number of fused-ring (bicyclic) bond motifs is 3. The number of likely N-dealkylation sites (tertiary alicyclic amines) is 1. The molecule has 0 radical (unpaired) electrons. The molecular weight excluding hydrogens is 485 g/mol. The molecule has 0 unspecified atom stereocenters. The van der Waals surface area contributed by atoms with Crippen molar-refractivity contribution in [3.05, 3.63) is 46.5 Å². The number of hydrogen-bond acceptors (Lipinski definition) is 6. The van der Waals surface area contributed by atoms with Gasteiger partial charge >= 0.3 is 13.1 Å². The number of carbonyl (C=O) groups excluding carboxylic acids is 2. The van der Waals surface area contributed by atoms with Gasteiger partial charge in [0.15, 0.2) is 0 Å². The highest BCUT2D eigenvalue weighted by Crippen LogP contribution is 2.50. The Labute approximate surface area is 224 Å². The maximum absolute atomic E-state index is 13.5. The molecule has 0 aromatic heterocycles. The van der Waals surface area contributed by atoms with Crippen LogP contribution >= 0.6 is 0 Å². The van der Waals surface area contributed by atoms with Crippen molar-refractivity contribution >= 4 is 31.0 Å². The number of carboxylic acid groups (broad SMARTS) is 1. The first kappa shape index (κ1) is 28.1. The summed E-state index contributed by atoms with van der Waals surface area (Å²) in [5.41, 5.74) is 4.39. The number of aromatic hydroxyl groups is 1. The fourth-order valence-corrected chi connectivity index (χ4v) is 6.40. The van der Waals surface area contributed by atoms with Crippen LogP contribution in [-0.4, -0.2) is 57.7 Å². The number of allylic oxidation sites excluding steroid dienone is 2. The molecule has 2 saturated heterocycles. The van der Waals surface area contributed by atoms with E-state index in [2.05, 4.69) is 13.0 Å². The number of phenols is 1. The van der Waals surface area contributed by atoms with E-state index in [0.717, 1.165) is 29.6 Å². The summed E-state index contributed by atoms with van der Waals surface area (Å²) in [6.07, 6.45) is 6.78. The molecule has 1 aromatic carbocycles. The number of unbranched alkanes of at least 4 members (excludes halogenated alkanes) is 2. The van der Waals surface area contributed by atoms with E-state index in [9.17, 15) is 24.5 Å². The average Bonchev–Trinajstić information content (AvgIpc) is 3.11. The third-order valence-corrected chi connectivity index (χ3v) is 8.26. The summed E-state index contributed by atoms with van der Waals surface area (Å²) in [6, 6.07) is 7.07. The fourth-order valence-electron chi connectivity index (χ4n) is 6.40. The van der Waals surface area contributed by atoms with Gasteiger partial charge in [-0.1, -0.05) is 42.7 Å². The number of rotatable bonds is 11. The van der Waals surface area contributed by atoms with E-state index in [0.29, 0.717) is 45.0 Å². The Hall–Kier alpha value is -2.91. The molecule has 2 heterocycles. The number of carbonyl (C=O) groups is 3. The second-order valence-corrected chi connectivity index (χ2v) is 10.8. The highest BCUT2D eigenvalue weighted by Gasteiger charge is 2.56. The predicted molar refractivity (Wildman–Crippen MR) is 144 cm³/mol. The summed E-state index contributed by atoms with van der Waals surface area (Å²) in [5.74, 6) is -2.01. The van der Waals surface area contributed by atoms with E-state index in [-0.39, 0.29) is 36.0 Å². The maximum atomic E-state index is 13.5. The Morgan fingerprint density at radius 3 is 2.53 bits per heavy atom. The van der Waals surface area contributed by atoms with Crippen LogP contribution in [0.5, 0.6) is 5.75 Å². The van der Waals surface area contributed by atoms with Crippen LogP contribution in [0.25, 0.3) is 6.08 Å². The Morgan fingerprint density at radius 2 is 1.84 bits per heavy atom. The molecule has 38 heavy (non-hydrogen) atoms. The van der Waals surface area contributed by atoms with E-state index in [1.807, 2.05) is 19.1 Å². The Kier molecular flexibility index (Phi) is 9.10. The minimum Gasteiger partial charge on any atom is -0.508 e. The van der Waals surface area contributed by atoms with Crippen molar-refractivity contribution < 1.29 is 34.3 Å². The molecular formula is C29H38BNO7. The van der Waals surface area contributed by atoms with Gasteiger partial charge in [0.2, 0.25) is 11.8 Å². The molecule has 3 aliphatic rings. The van der Waals surface area contributed by atoms with Crippen LogP contribution in [0, 0.1) is 17.8 Å². The topological polar surface area (TPSA) is 124 Å². The standard InChI is InChI=1S/C29H38BNO7/c1-3-19(16-20-8-11-21(32)12-9-20)10-13-24-26-18(2)15-22-27(23(26)17-30(37)38-24)29(36)31(28(22)35)14-6-4-5-7-25(33)34/h8-9,11-12,16,22-24,27,32,37H,3-7,10,13-15,17H2,1-2H3,(H,33,34)/b19-16+/t22-,23+,24-,27-/m1/s1. The van der Waals surface area contributed by atoms with Crippen LogP contribution < -0.4 is 0 Å². The molecule has 2 amide bonds. The van der Waals surface area contributed by atoms with Crippen molar-refractivity contribution in [1.82, 2.24) is 4.90 Å². The molecule has 0 bridgehead atoms. The SMILES string of the molecule is CC/C(=C\c1ccc(O)cc1)CC[C@H]1OB(O)C[C@H]2C1=C(C)C[C@H]1C(=O)N(CCCCCC(=O)O)C(=O)[C@H]12. The molecule has 0 saturated carbocycles. The van der Waals surface area contributed by atoms with Crippen molar-refractivity contribution in [2.24, 2.45) is 17.8 Å². The van der Waals surface area contributed by atoms with Gasteiger partial charge < -0.3 is 19.9 Å². The van der Waals surface area contributed by atoms with Gasteiger partial charge in [-0.15, -0.1) is 0 Å². The molecule has 3 N–H and O–H groups in total. The van der Waals surface area contributed by atoms with E-state index in [1.165, 1.54) is 10.5 Å². The summed E-state index contributed by atoms with van der Waals surface area (Å²) < 4.78 is 6.02. The molecule has 1 aromatic rings. The number of benzene rings is 1. The molecule has 2 fully saturated rings. The summed E-state index contributed by atoms with van der Waals surface area (Å²) in [5, 5.41) is 29.0. The predicted octanol–water partition coefficient (Wildman–Crippen LogP) is 4.43. The van der Waals surface area contributed by atoms with Crippen LogP contribution in [0.15, 0.2) is 41.0 Å². The first-order valence-electron chi connectivity index (χ1n) is 13.8. The summed E-state index contributed by atoms with van der Waals surface area (Å²) in [6.45, 7) is 4.43. The van der Waals surface area contributed by atoms with Crippen molar-refractivity contribution in [3.63, 3.8) is 0 Å². The first-order valence-corrected chi connectivity index (χ1v) is 13.8. The molecule has 4 rings (SSSR count). The first-order chi connectivity index (χ1) is 18.2. The van der Waals surface area contributed by atoms with Gasteiger partial charge in [0.05, 0.1) is 17.9 Å². The van der Waals surface area contributed by atoms with Gasteiger partial charge in [0.1, 0.15) is 5.75 Å². The van der Waals surface area contributed by atoms with Crippen LogP contribution in [0.2, 0.25) is 6.32 Å².